The molecule has 2 aliphatic heterocycles. The molecule has 5 heteroatoms. The summed E-state index contributed by atoms with van der Waals surface area (Å²) in [6, 6.07) is 7.35. The zero-order valence-corrected chi connectivity index (χ0v) is 13.9. The van der Waals surface area contributed by atoms with Gasteiger partial charge < -0.3 is 20.5 Å². The molecule has 0 bridgehead atoms. The molecule has 0 spiro atoms. The van der Waals surface area contributed by atoms with Crippen molar-refractivity contribution in [3.8, 4) is 5.75 Å². The average Bonchev–Trinajstić information content (AvgIpc) is 2.54. The number of rotatable bonds is 3. The first-order chi connectivity index (χ1) is 11.0. The lowest BCUT2D eigenvalue weighted by Crippen LogP contribution is -2.50. The first-order valence-electron chi connectivity index (χ1n) is 8.38. The second-order valence-corrected chi connectivity index (χ2v) is 7.14. The lowest BCUT2D eigenvalue weighted by molar-refractivity contribution is -0.125. The molecule has 2 unspecified atom stereocenters. The second kappa shape index (κ2) is 6.49. The molecule has 0 aromatic heterocycles. The molecule has 23 heavy (non-hydrogen) atoms. The number of benzene rings is 1. The Balaban J connectivity index is 1.72. The Labute approximate surface area is 137 Å². The molecule has 1 aromatic rings. The Morgan fingerprint density at radius 3 is 2.74 bits per heavy atom. The van der Waals surface area contributed by atoms with Crippen LogP contribution in [0.25, 0.3) is 0 Å². The summed E-state index contributed by atoms with van der Waals surface area (Å²) >= 11 is 0. The van der Waals surface area contributed by atoms with E-state index in [1.807, 2.05) is 38.1 Å². The van der Waals surface area contributed by atoms with E-state index < -0.39 is 6.04 Å². The number of carbonyl (C=O) groups is 1. The van der Waals surface area contributed by atoms with Crippen molar-refractivity contribution in [1.29, 1.82) is 0 Å². The monoisotopic (exact) mass is 318 g/mol. The van der Waals surface area contributed by atoms with Crippen LogP contribution in [0.1, 0.15) is 44.7 Å². The molecular formula is C18H26N2O3. The van der Waals surface area contributed by atoms with E-state index >= 15 is 0 Å². The fraction of sp³-hybridized carbons (Fsp3) is 0.611. The highest BCUT2D eigenvalue weighted by molar-refractivity contribution is 5.82. The third-order valence-corrected chi connectivity index (χ3v) is 4.77. The van der Waals surface area contributed by atoms with Gasteiger partial charge in [0.1, 0.15) is 11.4 Å². The molecule has 3 N–H and O–H groups in total. The van der Waals surface area contributed by atoms with Crippen molar-refractivity contribution >= 4 is 5.91 Å². The fourth-order valence-corrected chi connectivity index (χ4v) is 3.49. The molecule has 1 amide bonds. The molecule has 1 fully saturated rings. The van der Waals surface area contributed by atoms with Crippen LogP contribution < -0.4 is 15.8 Å². The van der Waals surface area contributed by atoms with Crippen LogP contribution in [0.2, 0.25) is 0 Å². The highest BCUT2D eigenvalue weighted by Gasteiger charge is 2.36. The molecule has 0 radical (unpaired) electrons. The minimum Gasteiger partial charge on any atom is -0.487 e. The summed E-state index contributed by atoms with van der Waals surface area (Å²) in [7, 11) is 0. The molecule has 2 heterocycles. The largest absolute Gasteiger partial charge is 0.487 e. The van der Waals surface area contributed by atoms with Gasteiger partial charge in [-0.05, 0) is 38.7 Å². The maximum atomic E-state index is 12.6. The van der Waals surface area contributed by atoms with Gasteiger partial charge in [0.25, 0.3) is 0 Å². The van der Waals surface area contributed by atoms with Gasteiger partial charge in [0, 0.05) is 25.2 Å². The quantitative estimate of drug-likeness (QED) is 0.896. The molecule has 1 aromatic carbocycles. The minimum absolute atomic E-state index is 0.0617. The number of carbonyl (C=O) groups excluding carboxylic acids is 1. The van der Waals surface area contributed by atoms with Gasteiger partial charge in [-0.2, -0.15) is 0 Å². The number of amides is 1. The molecule has 2 aliphatic rings. The van der Waals surface area contributed by atoms with E-state index in [2.05, 4.69) is 5.32 Å². The number of fused-ring (bicyclic) bond motifs is 1. The van der Waals surface area contributed by atoms with E-state index in [0.717, 1.165) is 30.6 Å². The van der Waals surface area contributed by atoms with Gasteiger partial charge in [-0.1, -0.05) is 18.2 Å². The van der Waals surface area contributed by atoms with Gasteiger partial charge in [-0.3, -0.25) is 4.79 Å². The third kappa shape index (κ3) is 3.67. The highest BCUT2D eigenvalue weighted by Crippen LogP contribution is 2.39. The standard InChI is InChI=1S/C18H26N2O3/c1-18(2)11-14(13-5-3-4-6-15(13)23-18)20-17(21)16(19)12-7-9-22-10-8-12/h3-6,12,14,16H,7-11,19H2,1-2H3,(H,20,21). The summed E-state index contributed by atoms with van der Waals surface area (Å²) in [5.74, 6) is 0.968. The first-order valence-corrected chi connectivity index (χ1v) is 8.38. The van der Waals surface area contributed by atoms with E-state index in [9.17, 15) is 4.79 Å². The van der Waals surface area contributed by atoms with E-state index in [4.69, 9.17) is 15.2 Å². The molecule has 126 valence electrons. The van der Waals surface area contributed by atoms with E-state index in [1.54, 1.807) is 0 Å². The Kier molecular flexibility index (Phi) is 4.60. The zero-order chi connectivity index (χ0) is 16.4. The van der Waals surface area contributed by atoms with Gasteiger partial charge in [0.15, 0.2) is 0 Å². The average molecular weight is 318 g/mol. The number of hydrogen-bond donors (Lipinski definition) is 2. The Bertz CT molecular complexity index is 567. The van der Waals surface area contributed by atoms with E-state index in [1.165, 1.54) is 0 Å². The van der Waals surface area contributed by atoms with Crippen LogP contribution in [0.3, 0.4) is 0 Å². The molecule has 0 aliphatic carbocycles. The van der Waals surface area contributed by atoms with Gasteiger partial charge in [0.05, 0.1) is 12.1 Å². The Morgan fingerprint density at radius 2 is 2.00 bits per heavy atom. The predicted octanol–water partition coefficient (Wildman–Crippen LogP) is 2.16. The van der Waals surface area contributed by atoms with E-state index in [-0.39, 0.29) is 23.5 Å². The number of hydrogen-bond acceptors (Lipinski definition) is 4. The van der Waals surface area contributed by atoms with Crippen LogP contribution in [0, 0.1) is 5.92 Å². The van der Waals surface area contributed by atoms with Gasteiger partial charge in [0.2, 0.25) is 5.91 Å². The number of para-hydroxylation sites is 1. The summed E-state index contributed by atoms with van der Waals surface area (Å²) in [5, 5.41) is 3.14. The SMILES string of the molecule is CC1(C)CC(NC(=O)C(N)C2CCOCC2)c2ccccc2O1. The third-order valence-electron chi connectivity index (χ3n) is 4.77. The van der Waals surface area contributed by atoms with Crippen molar-refractivity contribution in [3.05, 3.63) is 29.8 Å². The Hall–Kier alpha value is -1.59. The van der Waals surface area contributed by atoms with Gasteiger partial charge in [-0.25, -0.2) is 0 Å². The van der Waals surface area contributed by atoms with Crippen LogP contribution in [-0.4, -0.2) is 30.8 Å². The summed E-state index contributed by atoms with van der Waals surface area (Å²) in [6.45, 7) is 5.47. The summed E-state index contributed by atoms with van der Waals surface area (Å²) in [4.78, 5) is 12.6. The van der Waals surface area contributed by atoms with Crippen molar-refractivity contribution in [3.63, 3.8) is 0 Å². The number of nitrogens with two attached hydrogens (primary N) is 1. The van der Waals surface area contributed by atoms with Crippen molar-refractivity contribution in [2.24, 2.45) is 11.7 Å². The summed E-state index contributed by atoms with van der Waals surface area (Å²) in [5.41, 5.74) is 6.91. The number of ether oxygens (including phenoxy) is 2. The molecule has 2 atom stereocenters. The molecule has 0 saturated carbocycles. The Morgan fingerprint density at radius 1 is 1.30 bits per heavy atom. The van der Waals surface area contributed by atoms with Crippen molar-refractivity contribution < 1.29 is 14.3 Å². The topological polar surface area (TPSA) is 73.6 Å². The second-order valence-electron chi connectivity index (χ2n) is 7.14. The van der Waals surface area contributed by atoms with Crippen LogP contribution in [-0.2, 0) is 9.53 Å². The predicted molar refractivity (Wildman–Crippen MR) is 88.2 cm³/mol. The minimum atomic E-state index is -0.475. The van der Waals surface area contributed by atoms with Crippen molar-refractivity contribution in [1.82, 2.24) is 5.32 Å². The maximum Gasteiger partial charge on any atom is 0.237 e. The van der Waals surface area contributed by atoms with Crippen LogP contribution in [0.5, 0.6) is 5.75 Å². The molecule has 3 rings (SSSR count). The number of nitrogens with one attached hydrogen (secondary N) is 1. The zero-order valence-electron chi connectivity index (χ0n) is 13.9. The van der Waals surface area contributed by atoms with Crippen LogP contribution in [0.15, 0.2) is 24.3 Å². The molecule has 1 saturated heterocycles. The van der Waals surface area contributed by atoms with Crippen molar-refractivity contribution in [2.75, 3.05) is 13.2 Å². The smallest absolute Gasteiger partial charge is 0.237 e. The molecular weight excluding hydrogens is 292 g/mol. The normalized spacial score (nSPS) is 25.1. The van der Waals surface area contributed by atoms with Gasteiger partial charge in [-0.15, -0.1) is 0 Å². The fourth-order valence-electron chi connectivity index (χ4n) is 3.49. The van der Waals surface area contributed by atoms with E-state index in [0.29, 0.717) is 13.2 Å². The summed E-state index contributed by atoms with van der Waals surface area (Å²) < 4.78 is 11.4. The lowest BCUT2D eigenvalue weighted by Gasteiger charge is -2.38. The van der Waals surface area contributed by atoms with Crippen molar-refractivity contribution in [2.45, 2.75) is 50.8 Å². The highest BCUT2D eigenvalue weighted by atomic mass is 16.5. The van der Waals surface area contributed by atoms with Gasteiger partial charge >= 0.3 is 0 Å². The van der Waals surface area contributed by atoms with Crippen LogP contribution >= 0.6 is 0 Å². The maximum absolute atomic E-state index is 12.6. The lowest BCUT2D eigenvalue weighted by atomic mass is 9.88. The van der Waals surface area contributed by atoms with Crippen LogP contribution in [0.4, 0.5) is 0 Å². The summed E-state index contributed by atoms with van der Waals surface area (Å²) in [6.07, 6.45) is 2.44. The molecule has 5 nitrogen and oxygen atoms in total. The first kappa shape index (κ1) is 16.3.